The zero-order valence-electron chi connectivity index (χ0n) is 12.2. The van der Waals surface area contributed by atoms with Crippen LogP contribution in [0, 0.1) is 5.82 Å². The number of pyridine rings is 1. The van der Waals surface area contributed by atoms with E-state index in [2.05, 4.69) is 30.9 Å². The van der Waals surface area contributed by atoms with Crippen LogP contribution < -0.4 is 5.73 Å². The molecule has 0 spiro atoms. The van der Waals surface area contributed by atoms with E-state index in [9.17, 15) is 4.39 Å². The van der Waals surface area contributed by atoms with Crippen LogP contribution in [0.1, 0.15) is 30.3 Å². The molecule has 1 aliphatic rings. The highest BCUT2D eigenvalue weighted by molar-refractivity contribution is 9.10. The minimum atomic E-state index is -0.839. The SMILES string of the molecule is NC1(c2ncccc2F)CCC1c1ncc2cc(Br)ccc2n1. The van der Waals surface area contributed by atoms with E-state index in [1.807, 2.05) is 18.2 Å². The van der Waals surface area contributed by atoms with Crippen LogP contribution in [-0.2, 0) is 5.54 Å². The summed E-state index contributed by atoms with van der Waals surface area (Å²) in [6.45, 7) is 0. The van der Waals surface area contributed by atoms with Gasteiger partial charge in [-0.1, -0.05) is 15.9 Å². The maximum atomic E-state index is 14.1. The summed E-state index contributed by atoms with van der Waals surface area (Å²) >= 11 is 3.44. The number of rotatable bonds is 2. The van der Waals surface area contributed by atoms with Crippen molar-refractivity contribution >= 4 is 26.8 Å². The van der Waals surface area contributed by atoms with Crippen molar-refractivity contribution in [3.05, 3.63) is 64.5 Å². The van der Waals surface area contributed by atoms with Gasteiger partial charge in [0, 0.05) is 28.2 Å². The van der Waals surface area contributed by atoms with Crippen molar-refractivity contribution < 1.29 is 4.39 Å². The predicted octanol–water partition coefficient (Wildman–Crippen LogP) is 3.66. The third-order valence-corrected chi connectivity index (χ3v) is 5.03. The molecule has 3 aromatic rings. The lowest BCUT2D eigenvalue weighted by atomic mass is 9.64. The van der Waals surface area contributed by atoms with Crippen LogP contribution in [0.3, 0.4) is 0 Å². The third kappa shape index (κ3) is 2.33. The number of hydrogen-bond donors (Lipinski definition) is 1. The van der Waals surface area contributed by atoms with Crippen molar-refractivity contribution in [1.82, 2.24) is 15.0 Å². The van der Waals surface area contributed by atoms with E-state index < -0.39 is 5.54 Å². The minimum Gasteiger partial charge on any atom is -0.319 e. The first-order chi connectivity index (χ1) is 11.1. The highest BCUT2D eigenvalue weighted by Crippen LogP contribution is 2.49. The molecule has 2 N–H and O–H groups in total. The fourth-order valence-electron chi connectivity index (χ4n) is 3.16. The van der Waals surface area contributed by atoms with Gasteiger partial charge in [-0.05, 0) is 43.2 Å². The zero-order chi connectivity index (χ0) is 16.0. The van der Waals surface area contributed by atoms with Crippen molar-refractivity contribution in [3.8, 4) is 0 Å². The Morgan fingerprint density at radius 3 is 2.87 bits per heavy atom. The van der Waals surface area contributed by atoms with Gasteiger partial charge in [0.1, 0.15) is 11.6 Å². The molecule has 0 radical (unpaired) electrons. The molecule has 2 heterocycles. The molecular weight excluding hydrogens is 359 g/mol. The van der Waals surface area contributed by atoms with Crippen LogP contribution in [0.5, 0.6) is 0 Å². The second-order valence-corrected chi connectivity index (χ2v) is 6.81. The standard InChI is InChI=1S/C17H14BrFN4/c18-11-3-4-14-10(8-11)9-22-16(23-14)12-5-6-17(12,20)15-13(19)2-1-7-21-15/h1-4,7-9,12H,5-6,20H2. The van der Waals surface area contributed by atoms with Crippen molar-refractivity contribution in [2.24, 2.45) is 5.73 Å². The molecule has 116 valence electrons. The molecule has 1 fully saturated rings. The Bertz CT molecular complexity index is 901. The summed E-state index contributed by atoms with van der Waals surface area (Å²) in [5.41, 5.74) is 6.80. The quantitative estimate of drug-likeness (QED) is 0.745. The van der Waals surface area contributed by atoms with Crippen LogP contribution in [0.15, 0.2) is 47.2 Å². The van der Waals surface area contributed by atoms with E-state index in [0.29, 0.717) is 17.9 Å². The maximum Gasteiger partial charge on any atom is 0.146 e. The first kappa shape index (κ1) is 14.7. The molecule has 0 bridgehead atoms. The molecule has 1 aliphatic carbocycles. The van der Waals surface area contributed by atoms with E-state index in [4.69, 9.17) is 5.73 Å². The summed E-state index contributed by atoms with van der Waals surface area (Å²) in [4.78, 5) is 13.2. The first-order valence-electron chi connectivity index (χ1n) is 7.40. The lowest BCUT2D eigenvalue weighted by molar-refractivity contribution is 0.177. The summed E-state index contributed by atoms with van der Waals surface area (Å²) < 4.78 is 15.1. The monoisotopic (exact) mass is 372 g/mol. The molecule has 2 atom stereocenters. The average Bonchev–Trinajstić information content (AvgIpc) is 2.54. The van der Waals surface area contributed by atoms with Gasteiger partial charge in [-0.3, -0.25) is 4.98 Å². The Labute approximate surface area is 141 Å². The zero-order valence-corrected chi connectivity index (χ0v) is 13.8. The molecule has 2 aromatic heterocycles. The summed E-state index contributed by atoms with van der Waals surface area (Å²) in [6.07, 6.45) is 4.86. The van der Waals surface area contributed by atoms with Gasteiger partial charge in [-0.15, -0.1) is 0 Å². The summed E-state index contributed by atoms with van der Waals surface area (Å²) in [7, 11) is 0. The van der Waals surface area contributed by atoms with Gasteiger partial charge in [0.05, 0.1) is 16.7 Å². The second-order valence-electron chi connectivity index (χ2n) is 5.90. The van der Waals surface area contributed by atoms with Crippen LogP contribution in [-0.4, -0.2) is 15.0 Å². The number of nitrogens with two attached hydrogens (primary N) is 1. The Morgan fingerprint density at radius 1 is 1.26 bits per heavy atom. The average molecular weight is 373 g/mol. The molecule has 2 unspecified atom stereocenters. The van der Waals surface area contributed by atoms with Crippen LogP contribution in [0.4, 0.5) is 4.39 Å². The van der Waals surface area contributed by atoms with Gasteiger partial charge >= 0.3 is 0 Å². The molecule has 1 aromatic carbocycles. The highest BCUT2D eigenvalue weighted by Gasteiger charge is 2.49. The lowest BCUT2D eigenvalue weighted by Crippen LogP contribution is -2.52. The molecule has 1 saturated carbocycles. The first-order valence-corrected chi connectivity index (χ1v) is 8.19. The number of nitrogens with zero attached hydrogens (tertiary/aromatic N) is 3. The van der Waals surface area contributed by atoms with Crippen LogP contribution in [0.2, 0.25) is 0 Å². The molecule has 4 nitrogen and oxygen atoms in total. The van der Waals surface area contributed by atoms with Gasteiger partial charge in [0.15, 0.2) is 0 Å². The highest BCUT2D eigenvalue weighted by atomic mass is 79.9. The van der Waals surface area contributed by atoms with Crippen molar-refractivity contribution in [2.75, 3.05) is 0 Å². The number of benzene rings is 1. The Balaban J connectivity index is 1.76. The van der Waals surface area contributed by atoms with Crippen molar-refractivity contribution in [3.63, 3.8) is 0 Å². The molecule has 0 saturated heterocycles. The fraction of sp³-hybridized carbons (Fsp3) is 0.235. The topological polar surface area (TPSA) is 64.7 Å². The Kier molecular flexibility index (Phi) is 3.39. The molecule has 0 aliphatic heterocycles. The lowest BCUT2D eigenvalue weighted by Gasteiger charge is -2.45. The Hall–Kier alpha value is -1.92. The predicted molar refractivity (Wildman–Crippen MR) is 89.3 cm³/mol. The van der Waals surface area contributed by atoms with Crippen molar-refractivity contribution in [1.29, 1.82) is 0 Å². The van der Waals surface area contributed by atoms with Gasteiger partial charge < -0.3 is 5.73 Å². The van der Waals surface area contributed by atoms with E-state index in [-0.39, 0.29) is 11.7 Å². The minimum absolute atomic E-state index is 0.125. The number of hydrogen-bond acceptors (Lipinski definition) is 4. The number of aromatic nitrogens is 3. The fourth-order valence-corrected chi connectivity index (χ4v) is 3.54. The van der Waals surface area contributed by atoms with E-state index in [0.717, 1.165) is 21.8 Å². The molecule has 23 heavy (non-hydrogen) atoms. The van der Waals surface area contributed by atoms with Gasteiger partial charge in [-0.25, -0.2) is 14.4 Å². The summed E-state index contributed by atoms with van der Waals surface area (Å²) in [6, 6.07) is 8.80. The van der Waals surface area contributed by atoms with Crippen LogP contribution >= 0.6 is 15.9 Å². The van der Waals surface area contributed by atoms with Crippen molar-refractivity contribution in [2.45, 2.75) is 24.3 Å². The second kappa shape index (κ2) is 5.32. The Morgan fingerprint density at radius 2 is 2.13 bits per heavy atom. The molecular formula is C17H14BrFN4. The van der Waals surface area contributed by atoms with Gasteiger partial charge in [0.25, 0.3) is 0 Å². The van der Waals surface area contributed by atoms with Gasteiger partial charge in [-0.2, -0.15) is 0 Å². The molecule has 0 amide bonds. The van der Waals surface area contributed by atoms with E-state index >= 15 is 0 Å². The normalized spacial score (nSPS) is 23.7. The molecule has 4 rings (SSSR count). The summed E-state index contributed by atoms with van der Waals surface area (Å²) in [5, 5.41) is 0.953. The summed E-state index contributed by atoms with van der Waals surface area (Å²) in [5.74, 6) is 0.156. The largest absolute Gasteiger partial charge is 0.319 e. The van der Waals surface area contributed by atoms with E-state index in [1.54, 1.807) is 18.5 Å². The molecule has 6 heteroatoms. The van der Waals surface area contributed by atoms with E-state index in [1.165, 1.54) is 6.07 Å². The number of fused-ring (bicyclic) bond motifs is 1. The number of halogens is 2. The third-order valence-electron chi connectivity index (χ3n) is 4.54. The smallest absolute Gasteiger partial charge is 0.146 e. The van der Waals surface area contributed by atoms with Crippen LogP contribution in [0.25, 0.3) is 10.9 Å². The van der Waals surface area contributed by atoms with Gasteiger partial charge in [0.2, 0.25) is 0 Å². The maximum absolute atomic E-state index is 14.1.